The molecule has 0 saturated carbocycles. The molecule has 0 saturated heterocycles. The predicted molar refractivity (Wildman–Crippen MR) is 116 cm³/mol. The zero-order chi connectivity index (χ0) is 20.7. The van der Waals surface area contributed by atoms with Gasteiger partial charge in [0.15, 0.2) is 5.65 Å². The van der Waals surface area contributed by atoms with Crippen molar-refractivity contribution in [3.8, 4) is 5.69 Å². The predicted octanol–water partition coefficient (Wildman–Crippen LogP) is 5.18. The number of pyridine rings is 1. The van der Waals surface area contributed by atoms with Crippen LogP contribution >= 0.6 is 34.8 Å². The first-order valence-corrected chi connectivity index (χ1v) is 10.0. The highest BCUT2D eigenvalue weighted by Gasteiger charge is 2.22. The number of benzene rings is 1. The van der Waals surface area contributed by atoms with E-state index < -0.39 is 0 Å². The Hall–Kier alpha value is -2.41. The molecule has 29 heavy (non-hydrogen) atoms. The summed E-state index contributed by atoms with van der Waals surface area (Å²) in [4.78, 5) is 24.5. The molecule has 0 radical (unpaired) electrons. The molecule has 0 unspecified atom stereocenters. The summed E-state index contributed by atoms with van der Waals surface area (Å²) >= 11 is 18.9. The number of H-pyrrole nitrogens is 1. The number of aromatic amines is 1. The highest BCUT2D eigenvalue weighted by atomic mass is 35.5. The highest BCUT2D eigenvalue weighted by molar-refractivity contribution is 6.40. The van der Waals surface area contributed by atoms with Crippen LogP contribution in [0, 0.1) is 0 Å². The number of hydrogen-bond donors (Lipinski definition) is 1. The molecule has 9 heteroatoms. The fraction of sp³-hybridized carbons (Fsp3) is 0.200. The largest absolute Gasteiger partial charge is 0.310 e. The number of hydrogen-bond acceptors (Lipinski definition) is 4. The number of nitrogens with zero attached hydrogens (tertiary/aromatic N) is 4. The molecule has 3 heterocycles. The Labute approximate surface area is 181 Å². The minimum atomic E-state index is -0.254. The molecule has 3 aromatic heterocycles. The molecule has 1 aromatic carbocycles. The number of aromatic nitrogens is 5. The second-order valence-corrected chi connectivity index (χ2v) is 8.16. The lowest BCUT2D eigenvalue weighted by molar-refractivity contribution is 0.776. The van der Waals surface area contributed by atoms with Gasteiger partial charge in [-0.3, -0.25) is 9.78 Å². The van der Waals surface area contributed by atoms with E-state index in [4.69, 9.17) is 34.8 Å². The van der Waals surface area contributed by atoms with Gasteiger partial charge in [-0.25, -0.2) is 9.67 Å². The van der Waals surface area contributed by atoms with Crippen LogP contribution in [0.3, 0.4) is 0 Å². The third-order valence-electron chi connectivity index (χ3n) is 4.48. The van der Waals surface area contributed by atoms with Crippen LogP contribution < -0.4 is 5.56 Å². The van der Waals surface area contributed by atoms with Crippen LogP contribution in [0.15, 0.2) is 41.5 Å². The Morgan fingerprint density at radius 2 is 1.76 bits per heavy atom. The normalized spacial score (nSPS) is 11.5. The summed E-state index contributed by atoms with van der Waals surface area (Å²) in [5.74, 6) is 0.504. The van der Waals surface area contributed by atoms with Crippen molar-refractivity contribution in [2.45, 2.75) is 26.2 Å². The molecule has 0 amide bonds. The van der Waals surface area contributed by atoms with Gasteiger partial charge in [-0.1, -0.05) is 48.7 Å². The van der Waals surface area contributed by atoms with Crippen LogP contribution in [0.1, 0.15) is 36.8 Å². The van der Waals surface area contributed by atoms with Crippen LogP contribution in [0.25, 0.3) is 16.7 Å². The van der Waals surface area contributed by atoms with Gasteiger partial charge in [0.1, 0.15) is 16.9 Å². The highest BCUT2D eigenvalue weighted by Crippen LogP contribution is 2.34. The molecule has 4 rings (SSSR count). The van der Waals surface area contributed by atoms with Gasteiger partial charge in [-0.15, -0.1) is 0 Å². The summed E-state index contributed by atoms with van der Waals surface area (Å²) in [5, 5.41) is 6.10. The lowest BCUT2D eigenvalue weighted by atomic mass is 10.1. The Morgan fingerprint density at radius 3 is 2.38 bits per heavy atom. The van der Waals surface area contributed by atoms with E-state index in [1.54, 1.807) is 24.5 Å². The first-order valence-electron chi connectivity index (χ1n) is 8.90. The van der Waals surface area contributed by atoms with Gasteiger partial charge in [-0.2, -0.15) is 5.10 Å². The van der Waals surface area contributed by atoms with Crippen LogP contribution in [0.4, 0.5) is 0 Å². The molecular formula is C20H16Cl3N5O. The van der Waals surface area contributed by atoms with Crippen LogP contribution in [0.2, 0.25) is 15.1 Å². The molecule has 1 N–H and O–H groups in total. The maximum Gasteiger partial charge on any atom is 0.262 e. The SMILES string of the molecule is CC(C)c1nn(-c2c(Cl)cc(Cl)cc2Cl)c2nc(Cc3ccncc3)[nH]c(=O)c12. The summed E-state index contributed by atoms with van der Waals surface area (Å²) in [6.45, 7) is 3.92. The monoisotopic (exact) mass is 447 g/mol. The Morgan fingerprint density at radius 1 is 1.10 bits per heavy atom. The fourth-order valence-corrected chi connectivity index (χ4v) is 4.15. The second-order valence-electron chi connectivity index (χ2n) is 6.91. The maximum atomic E-state index is 12.9. The number of nitrogens with one attached hydrogen (secondary N) is 1. The quantitative estimate of drug-likeness (QED) is 0.467. The van der Waals surface area contributed by atoms with Crippen molar-refractivity contribution in [1.82, 2.24) is 24.7 Å². The first-order chi connectivity index (χ1) is 13.8. The van der Waals surface area contributed by atoms with Gasteiger partial charge in [-0.05, 0) is 35.7 Å². The van der Waals surface area contributed by atoms with Crippen molar-refractivity contribution in [2.24, 2.45) is 0 Å². The zero-order valence-corrected chi connectivity index (χ0v) is 17.8. The summed E-state index contributed by atoms with van der Waals surface area (Å²) in [6.07, 6.45) is 3.83. The van der Waals surface area contributed by atoms with E-state index in [0.717, 1.165) is 5.56 Å². The van der Waals surface area contributed by atoms with Gasteiger partial charge in [0, 0.05) is 23.8 Å². The van der Waals surface area contributed by atoms with Crippen molar-refractivity contribution in [3.63, 3.8) is 0 Å². The molecule has 4 aromatic rings. The lowest BCUT2D eigenvalue weighted by Gasteiger charge is -2.09. The third-order valence-corrected chi connectivity index (χ3v) is 5.27. The zero-order valence-electron chi connectivity index (χ0n) is 15.6. The lowest BCUT2D eigenvalue weighted by Crippen LogP contribution is -2.14. The van der Waals surface area contributed by atoms with Gasteiger partial charge in [0.25, 0.3) is 5.56 Å². The van der Waals surface area contributed by atoms with E-state index in [-0.39, 0.29) is 11.5 Å². The summed E-state index contributed by atoms with van der Waals surface area (Å²) < 4.78 is 1.52. The third kappa shape index (κ3) is 3.75. The van der Waals surface area contributed by atoms with Crippen molar-refractivity contribution < 1.29 is 0 Å². The molecule has 0 bridgehead atoms. The molecule has 0 atom stereocenters. The first kappa shape index (κ1) is 19.9. The van der Waals surface area contributed by atoms with Crippen molar-refractivity contribution in [3.05, 3.63) is 79.2 Å². The number of fused-ring (bicyclic) bond motifs is 1. The van der Waals surface area contributed by atoms with Gasteiger partial charge in [0.2, 0.25) is 0 Å². The van der Waals surface area contributed by atoms with Crippen molar-refractivity contribution in [2.75, 3.05) is 0 Å². The minimum Gasteiger partial charge on any atom is -0.310 e. The van der Waals surface area contributed by atoms with E-state index >= 15 is 0 Å². The van der Waals surface area contributed by atoms with E-state index in [0.29, 0.717) is 49.7 Å². The molecule has 0 fully saturated rings. The topological polar surface area (TPSA) is 76.5 Å². The van der Waals surface area contributed by atoms with Gasteiger partial charge < -0.3 is 4.98 Å². The molecule has 6 nitrogen and oxygen atoms in total. The average molecular weight is 449 g/mol. The van der Waals surface area contributed by atoms with Crippen molar-refractivity contribution >= 4 is 45.8 Å². The van der Waals surface area contributed by atoms with Crippen LogP contribution in [-0.2, 0) is 6.42 Å². The standard InChI is InChI=1S/C20H16Cl3N5O/c1-10(2)17-16-19(28(27-17)18-13(22)8-12(21)9-14(18)23)25-15(26-20(16)29)7-11-3-5-24-6-4-11/h3-6,8-10H,7H2,1-2H3,(H,25,26,29). The molecule has 0 aliphatic heterocycles. The molecule has 0 aliphatic rings. The Kier molecular flexibility index (Phi) is 5.34. The second kappa shape index (κ2) is 7.78. The Balaban J connectivity index is 1.99. The number of rotatable bonds is 4. The molecule has 148 valence electrons. The smallest absolute Gasteiger partial charge is 0.262 e. The minimum absolute atomic E-state index is 0.00227. The van der Waals surface area contributed by atoms with E-state index in [9.17, 15) is 4.79 Å². The van der Waals surface area contributed by atoms with Crippen molar-refractivity contribution in [1.29, 1.82) is 0 Å². The van der Waals surface area contributed by atoms with E-state index in [1.807, 2.05) is 26.0 Å². The van der Waals surface area contributed by atoms with Gasteiger partial charge in [0.05, 0.1) is 15.7 Å². The fourth-order valence-electron chi connectivity index (χ4n) is 3.17. The van der Waals surface area contributed by atoms with Crippen LogP contribution in [-0.4, -0.2) is 24.7 Å². The number of halogens is 3. The summed E-state index contributed by atoms with van der Waals surface area (Å²) in [7, 11) is 0. The summed E-state index contributed by atoms with van der Waals surface area (Å²) in [5.41, 5.74) is 2.16. The van der Waals surface area contributed by atoms with Gasteiger partial charge >= 0.3 is 0 Å². The maximum absolute atomic E-state index is 12.9. The van der Waals surface area contributed by atoms with Crippen LogP contribution in [0.5, 0.6) is 0 Å². The molecule has 0 spiro atoms. The Bertz CT molecular complexity index is 1240. The average Bonchev–Trinajstić information content (AvgIpc) is 3.02. The summed E-state index contributed by atoms with van der Waals surface area (Å²) in [6, 6.07) is 6.90. The van der Waals surface area contributed by atoms with E-state index in [2.05, 4.69) is 20.1 Å². The molecule has 0 aliphatic carbocycles. The van der Waals surface area contributed by atoms with E-state index in [1.165, 1.54) is 4.68 Å². The molecular weight excluding hydrogens is 433 g/mol.